The summed E-state index contributed by atoms with van der Waals surface area (Å²) in [6.45, 7) is 13.1. The third-order valence-electron chi connectivity index (χ3n) is 11.8. The lowest BCUT2D eigenvalue weighted by molar-refractivity contribution is -0.137. The van der Waals surface area contributed by atoms with Gasteiger partial charge in [-0.2, -0.15) is 23.7 Å². The minimum absolute atomic E-state index is 0.0574. The number of nitriles is 2. The van der Waals surface area contributed by atoms with E-state index in [0.29, 0.717) is 27.9 Å². The minimum atomic E-state index is -4.72. The van der Waals surface area contributed by atoms with Gasteiger partial charge in [0.15, 0.2) is 0 Å². The first kappa shape index (κ1) is 38.4. The van der Waals surface area contributed by atoms with Crippen molar-refractivity contribution in [2.75, 3.05) is 0 Å². The van der Waals surface area contributed by atoms with Gasteiger partial charge in [0.25, 0.3) is 0 Å². The topological polar surface area (TPSA) is 57.4 Å². The van der Waals surface area contributed by atoms with Crippen LogP contribution in [-0.4, -0.2) is 9.13 Å². The summed E-state index contributed by atoms with van der Waals surface area (Å²) in [4.78, 5) is 0. The van der Waals surface area contributed by atoms with E-state index in [4.69, 9.17) is 0 Å². The number of nitrogens with zero attached hydrogens (tertiary/aromatic N) is 4. The minimum Gasteiger partial charge on any atom is -0.309 e. The highest BCUT2D eigenvalue weighted by atomic mass is 19.4. The van der Waals surface area contributed by atoms with Crippen molar-refractivity contribution in [3.05, 3.63) is 167 Å². The summed E-state index contributed by atoms with van der Waals surface area (Å²) < 4.78 is 48.6. The maximum atomic E-state index is 14.8. The molecular formula is C53H41F3N4. The van der Waals surface area contributed by atoms with Crippen LogP contribution in [0.25, 0.3) is 77.2 Å². The van der Waals surface area contributed by atoms with Crippen molar-refractivity contribution in [3.63, 3.8) is 0 Å². The van der Waals surface area contributed by atoms with Crippen molar-refractivity contribution in [2.45, 2.75) is 58.5 Å². The number of halogens is 3. The van der Waals surface area contributed by atoms with Crippen molar-refractivity contribution in [3.8, 4) is 45.8 Å². The largest absolute Gasteiger partial charge is 0.417 e. The van der Waals surface area contributed by atoms with Gasteiger partial charge in [-0.1, -0.05) is 102 Å². The lowest BCUT2D eigenvalue weighted by atomic mass is 9.86. The molecule has 294 valence electrons. The number of para-hydroxylation sites is 2. The maximum absolute atomic E-state index is 14.8. The van der Waals surface area contributed by atoms with Gasteiger partial charge in [-0.25, -0.2) is 0 Å². The Kier molecular flexibility index (Phi) is 8.81. The fourth-order valence-electron chi connectivity index (χ4n) is 8.62. The second-order valence-electron chi connectivity index (χ2n) is 17.6. The molecule has 0 fully saturated rings. The zero-order valence-electron chi connectivity index (χ0n) is 34.2. The molecule has 9 aromatic rings. The SMILES string of the molecule is CC(C)(C)c1ccc2c(c1)c1ccccc1n2-c1ccc(C#N)c(-c2cc(-c3ccc(C#N)cc3C(F)(F)F)ccc2-n2c3ccccc3c3cc(C(C)(C)C)ccc32)c1. The third kappa shape index (κ3) is 6.30. The molecule has 0 unspecified atom stereocenters. The van der Waals surface area contributed by atoms with Gasteiger partial charge in [0.2, 0.25) is 0 Å². The number of aromatic nitrogens is 2. The fraction of sp³-hybridized carbons (Fsp3) is 0.170. The number of hydrogen-bond donors (Lipinski definition) is 0. The molecule has 0 aliphatic carbocycles. The van der Waals surface area contributed by atoms with E-state index in [1.54, 1.807) is 18.2 Å². The monoisotopic (exact) mass is 790 g/mol. The van der Waals surface area contributed by atoms with Crippen LogP contribution in [0.15, 0.2) is 140 Å². The van der Waals surface area contributed by atoms with E-state index >= 15 is 0 Å². The number of benzene rings is 7. The first-order valence-corrected chi connectivity index (χ1v) is 20.0. The summed E-state index contributed by atoms with van der Waals surface area (Å²) in [5, 5.41) is 24.6. The van der Waals surface area contributed by atoms with Crippen molar-refractivity contribution in [1.29, 1.82) is 10.5 Å². The van der Waals surface area contributed by atoms with Gasteiger partial charge >= 0.3 is 6.18 Å². The Morgan fingerprint density at radius 1 is 0.467 bits per heavy atom. The highest BCUT2D eigenvalue weighted by Crippen LogP contribution is 2.44. The summed E-state index contributed by atoms with van der Waals surface area (Å²) in [6.07, 6.45) is -4.72. The Morgan fingerprint density at radius 3 is 1.60 bits per heavy atom. The fourth-order valence-corrected chi connectivity index (χ4v) is 8.62. The Balaban J connectivity index is 1.37. The van der Waals surface area contributed by atoms with Gasteiger partial charge in [0.05, 0.1) is 56.6 Å². The molecule has 2 heterocycles. The smallest absolute Gasteiger partial charge is 0.309 e. The van der Waals surface area contributed by atoms with Crippen molar-refractivity contribution >= 4 is 43.6 Å². The van der Waals surface area contributed by atoms with Gasteiger partial charge in [-0.05, 0) is 112 Å². The molecule has 2 aromatic heterocycles. The van der Waals surface area contributed by atoms with Crippen LogP contribution in [0, 0.1) is 22.7 Å². The van der Waals surface area contributed by atoms with Crippen LogP contribution in [0.2, 0.25) is 0 Å². The van der Waals surface area contributed by atoms with Gasteiger partial charge in [-0.3, -0.25) is 0 Å². The van der Waals surface area contributed by atoms with Crippen LogP contribution in [-0.2, 0) is 17.0 Å². The van der Waals surface area contributed by atoms with E-state index in [1.165, 1.54) is 23.3 Å². The Morgan fingerprint density at radius 2 is 1.03 bits per heavy atom. The molecule has 9 rings (SSSR count). The summed E-state index contributed by atoms with van der Waals surface area (Å²) in [5.74, 6) is 0. The Bertz CT molecular complexity index is 3300. The van der Waals surface area contributed by atoms with Crippen LogP contribution in [0.1, 0.15) is 69.4 Å². The number of fused-ring (bicyclic) bond motifs is 6. The van der Waals surface area contributed by atoms with Crippen LogP contribution in [0.4, 0.5) is 13.2 Å². The van der Waals surface area contributed by atoms with Gasteiger partial charge < -0.3 is 9.13 Å². The van der Waals surface area contributed by atoms with Crippen LogP contribution >= 0.6 is 0 Å². The van der Waals surface area contributed by atoms with Crippen molar-refractivity contribution in [1.82, 2.24) is 9.13 Å². The summed E-state index contributed by atoms with van der Waals surface area (Å²) in [7, 11) is 0. The number of hydrogen-bond acceptors (Lipinski definition) is 2. The molecule has 0 spiro atoms. The van der Waals surface area contributed by atoms with Crippen molar-refractivity contribution in [2.24, 2.45) is 0 Å². The number of alkyl halides is 3. The molecule has 0 amide bonds. The normalized spacial score (nSPS) is 12.4. The van der Waals surface area contributed by atoms with Gasteiger partial charge in [-0.15, -0.1) is 0 Å². The highest BCUT2D eigenvalue weighted by molar-refractivity contribution is 6.11. The summed E-state index contributed by atoms with van der Waals surface area (Å²) in [5.41, 5.74) is 8.37. The average molecular weight is 791 g/mol. The zero-order valence-corrected chi connectivity index (χ0v) is 34.2. The maximum Gasteiger partial charge on any atom is 0.417 e. The predicted molar refractivity (Wildman–Crippen MR) is 238 cm³/mol. The number of rotatable bonds is 4. The highest BCUT2D eigenvalue weighted by Gasteiger charge is 2.34. The first-order valence-electron chi connectivity index (χ1n) is 20.0. The van der Waals surface area contributed by atoms with Gasteiger partial charge in [0, 0.05) is 38.4 Å². The quantitative estimate of drug-likeness (QED) is 0.178. The Labute approximate surface area is 347 Å². The van der Waals surface area contributed by atoms with E-state index in [-0.39, 0.29) is 22.0 Å². The summed E-state index contributed by atoms with van der Waals surface area (Å²) in [6, 6.07) is 48.4. The van der Waals surface area contributed by atoms with E-state index in [2.05, 4.69) is 117 Å². The molecule has 0 bridgehead atoms. The lowest BCUT2D eigenvalue weighted by Gasteiger charge is -2.21. The third-order valence-corrected chi connectivity index (χ3v) is 11.8. The zero-order chi connectivity index (χ0) is 42.3. The molecule has 60 heavy (non-hydrogen) atoms. The first-order chi connectivity index (χ1) is 28.6. The molecule has 4 nitrogen and oxygen atoms in total. The molecule has 0 N–H and O–H groups in total. The second-order valence-corrected chi connectivity index (χ2v) is 17.6. The van der Waals surface area contributed by atoms with Crippen LogP contribution in [0.3, 0.4) is 0 Å². The second kappa shape index (κ2) is 13.8. The average Bonchev–Trinajstić information content (AvgIpc) is 3.74. The predicted octanol–water partition coefficient (Wildman–Crippen LogP) is 14.6. The van der Waals surface area contributed by atoms with E-state index < -0.39 is 11.7 Å². The van der Waals surface area contributed by atoms with Gasteiger partial charge in [0.1, 0.15) is 0 Å². The molecule has 0 aliphatic rings. The lowest BCUT2D eigenvalue weighted by Crippen LogP contribution is -2.10. The Hall–Kier alpha value is -7.09. The molecular weight excluding hydrogens is 750 g/mol. The summed E-state index contributed by atoms with van der Waals surface area (Å²) >= 11 is 0. The molecule has 7 aromatic carbocycles. The van der Waals surface area contributed by atoms with Crippen molar-refractivity contribution < 1.29 is 13.2 Å². The van der Waals surface area contributed by atoms with E-state index in [9.17, 15) is 23.7 Å². The molecule has 0 atom stereocenters. The molecule has 0 saturated heterocycles. The van der Waals surface area contributed by atoms with E-state index in [0.717, 1.165) is 55.4 Å². The molecule has 0 saturated carbocycles. The van der Waals surface area contributed by atoms with E-state index in [1.807, 2.05) is 48.5 Å². The van der Waals surface area contributed by atoms with Crippen LogP contribution < -0.4 is 0 Å². The van der Waals surface area contributed by atoms with Crippen LogP contribution in [0.5, 0.6) is 0 Å². The molecule has 7 heteroatoms. The molecule has 0 radical (unpaired) electrons. The standard InChI is InChI=1S/C53H41F3N4/c1-51(2,3)35-18-23-48-43(27-35)39-11-7-9-13-46(39)59(48)37-20-16-34(31-58)41(29-37)42-26-33(38-21-15-32(30-57)25-45(38)53(54,55)56)17-22-49(42)60-47-14-10-8-12-40(47)44-28-36(52(4,5)6)19-24-50(44)60/h7-29H,1-6H3. The molecule has 0 aliphatic heterocycles.